The van der Waals surface area contributed by atoms with E-state index in [2.05, 4.69) is 5.32 Å². The van der Waals surface area contributed by atoms with Crippen LogP contribution in [0.4, 0.5) is 8.78 Å². The Bertz CT molecular complexity index is 544. The molecule has 0 bridgehead atoms. The van der Waals surface area contributed by atoms with E-state index in [1.54, 1.807) is 0 Å². The fourth-order valence-corrected chi connectivity index (χ4v) is 3.38. The van der Waals surface area contributed by atoms with Crippen LogP contribution in [0.15, 0.2) is 18.2 Å². The Morgan fingerprint density at radius 3 is 2.75 bits per heavy atom. The summed E-state index contributed by atoms with van der Waals surface area (Å²) >= 11 is 1.43. The number of halogens is 2. The Morgan fingerprint density at radius 2 is 2.15 bits per heavy atom. The number of thioether (sulfide) groups is 1. The highest BCUT2D eigenvalue weighted by molar-refractivity contribution is 7.99. The van der Waals surface area contributed by atoms with Gasteiger partial charge >= 0.3 is 5.97 Å². The molecular weight excluding hydrogens is 288 g/mol. The Kier molecular flexibility index (Phi) is 4.27. The second-order valence-electron chi connectivity index (χ2n) is 4.63. The smallest absolute Gasteiger partial charge is 0.330 e. The van der Waals surface area contributed by atoms with Gasteiger partial charge in [-0.05, 0) is 18.2 Å². The summed E-state index contributed by atoms with van der Waals surface area (Å²) < 4.78 is 26.5. The molecule has 4 nitrogen and oxygen atoms in total. The van der Waals surface area contributed by atoms with Gasteiger partial charge in [-0.1, -0.05) is 12.1 Å². The number of amides is 1. The van der Waals surface area contributed by atoms with E-state index >= 15 is 0 Å². The molecule has 1 aromatic carbocycles. The monoisotopic (exact) mass is 301 g/mol. The van der Waals surface area contributed by atoms with Gasteiger partial charge < -0.3 is 10.4 Å². The van der Waals surface area contributed by atoms with Crippen molar-refractivity contribution in [2.24, 2.45) is 0 Å². The highest BCUT2D eigenvalue weighted by Gasteiger charge is 2.43. The molecule has 0 radical (unpaired) electrons. The van der Waals surface area contributed by atoms with E-state index < -0.39 is 29.0 Å². The first kappa shape index (κ1) is 14.8. The van der Waals surface area contributed by atoms with Gasteiger partial charge in [0.25, 0.3) is 0 Å². The molecule has 7 heteroatoms. The summed E-state index contributed by atoms with van der Waals surface area (Å²) in [7, 11) is 0. The normalized spacial score (nSPS) is 21.7. The van der Waals surface area contributed by atoms with Crippen molar-refractivity contribution in [2.45, 2.75) is 18.4 Å². The summed E-state index contributed by atoms with van der Waals surface area (Å²) in [4.78, 5) is 23.1. The van der Waals surface area contributed by atoms with Crippen LogP contribution in [-0.4, -0.2) is 34.0 Å². The van der Waals surface area contributed by atoms with Crippen molar-refractivity contribution in [1.82, 2.24) is 5.32 Å². The number of hydrogen-bond donors (Lipinski definition) is 2. The Hall–Kier alpha value is -1.63. The first-order chi connectivity index (χ1) is 9.44. The van der Waals surface area contributed by atoms with Crippen LogP contribution in [0.3, 0.4) is 0 Å². The molecule has 0 spiro atoms. The van der Waals surface area contributed by atoms with Crippen molar-refractivity contribution in [3.05, 3.63) is 35.4 Å². The molecular formula is C13H13F2NO3S. The summed E-state index contributed by atoms with van der Waals surface area (Å²) in [6.45, 7) is 0. The van der Waals surface area contributed by atoms with Crippen LogP contribution in [-0.2, 0) is 16.0 Å². The number of carboxylic acids is 1. The average molecular weight is 301 g/mol. The third kappa shape index (κ3) is 2.92. The second kappa shape index (κ2) is 5.78. The highest BCUT2D eigenvalue weighted by Crippen LogP contribution is 2.28. The topological polar surface area (TPSA) is 66.4 Å². The molecule has 2 rings (SSSR count). The maximum atomic E-state index is 13.5. The molecule has 1 heterocycles. The first-order valence-electron chi connectivity index (χ1n) is 6.00. The molecule has 1 aromatic rings. The number of benzene rings is 1. The molecule has 1 atom stereocenters. The number of nitrogens with one attached hydrogen (secondary N) is 1. The molecule has 0 aromatic heterocycles. The van der Waals surface area contributed by atoms with Crippen molar-refractivity contribution < 1.29 is 23.5 Å². The Morgan fingerprint density at radius 1 is 1.40 bits per heavy atom. The third-order valence-electron chi connectivity index (χ3n) is 3.19. The molecule has 1 unspecified atom stereocenters. The molecule has 20 heavy (non-hydrogen) atoms. The van der Waals surface area contributed by atoms with E-state index in [0.29, 0.717) is 12.2 Å². The van der Waals surface area contributed by atoms with Gasteiger partial charge in [-0.2, -0.15) is 11.8 Å². The molecule has 1 saturated heterocycles. The van der Waals surface area contributed by atoms with E-state index in [0.717, 1.165) is 6.07 Å². The van der Waals surface area contributed by atoms with Crippen LogP contribution >= 0.6 is 11.8 Å². The van der Waals surface area contributed by atoms with Gasteiger partial charge in [0, 0.05) is 11.3 Å². The zero-order valence-electron chi connectivity index (χ0n) is 10.5. The maximum Gasteiger partial charge on any atom is 0.330 e. The predicted molar refractivity (Wildman–Crippen MR) is 70.5 cm³/mol. The third-order valence-corrected chi connectivity index (χ3v) is 4.38. The van der Waals surface area contributed by atoms with Crippen molar-refractivity contribution in [3.8, 4) is 0 Å². The lowest BCUT2D eigenvalue weighted by molar-refractivity contribution is -0.146. The largest absolute Gasteiger partial charge is 0.479 e. The van der Waals surface area contributed by atoms with E-state index in [1.807, 2.05) is 0 Å². The summed E-state index contributed by atoms with van der Waals surface area (Å²) in [6, 6.07) is 3.57. The zero-order valence-corrected chi connectivity index (χ0v) is 11.3. The summed E-state index contributed by atoms with van der Waals surface area (Å²) in [6.07, 6.45) is -0.0618. The van der Waals surface area contributed by atoms with Crippen molar-refractivity contribution in [2.75, 3.05) is 11.5 Å². The van der Waals surface area contributed by atoms with Gasteiger partial charge in [-0.25, -0.2) is 13.6 Å². The fraction of sp³-hybridized carbons (Fsp3) is 0.385. The van der Waals surface area contributed by atoms with Gasteiger partial charge in [0.05, 0.1) is 6.42 Å². The number of rotatable bonds is 4. The standard InChI is InChI=1S/C13H13F2NO3S/c14-9-3-1-2-8(11(9)15)6-10(17)16-13(12(18)19)4-5-20-7-13/h1-3H,4-7H2,(H,16,17)(H,18,19). The van der Waals surface area contributed by atoms with E-state index in [1.165, 1.54) is 23.9 Å². The lowest BCUT2D eigenvalue weighted by Crippen LogP contribution is -2.55. The summed E-state index contributed by atoms with van der Waals surface area (Å²) in [5.74, 6) is -2.91. The molecule has 0 saturated carbocycles. The Labute approximate surface area is 118 Å². The zero-order chi connectivity index (χ0) is 14.8. The van der Waals surface area contributed by atoms with Crippen LogP contribution in [0, 0.1) is 11.6 Å². The van der Waals surface area contributed by atoms with Crippen LogP contribution in [0.1, 0.15) is 12.0 Å². The lowest BCUT2D eigenvalue weighted by Gasteiger charge is -2.24. The number of aliphatic carboxylic acids is 1. The minimum absolute atomic E-state index is 0.0892. The minimum Gasteiger partial charge on any atom is -0.479 e. The van der Waals surface area contributed by atoms with Crippen LogP contribution in [0.25, 0.3) is 0 Å². The van der Waals surface area contributed by atoms with Gasteiger partial charge in [-0.3, -0.25) is 4.79 Å². The summed E-state index contributed by atoms with van der Waals surface area (Å²) in [5, 5.41) is 11.7. The van der Waals surface area contributed by atoms with Gasteiger partial charge in [-0.15, -0.1) is 0 Å². The van der Waals surface area contributed by atoms with Crippen LogP contribution < -0.4 is 5.32 Å². The second-order valence-corrected chi connectivity index (χ2v) is 5.73. The van der Waals surface area contributed by atoms with Crippen LogP contribution in [0.5, 0.6) is 0 Å². The number of carboxylic acid groups (broad SMARTS) is 1. The van der Waals surface area contributed by atoms with Crippen molar-refractivity contribution in [1.29, 1.82) is 0 Å². The fourth-order valence-electron chi connectivity index (χ4n) is 2.05. The molecule has 1 aliphatic heterocycles. The molecule has 2 N–H and O–H groups in total. The lowest BCUT2D eigenvalue weighted by atomic mass is 9.98. The maximum absolute atomic E-state index is 13.5. The van der Waals surface area contributed by atoms with Gasteiger partial charge in [0.2, 0.25) is 5.91 Å². The first-order valence-corrected chi connectivity index (χ1v) is 7.15. The molecule has 0 aliphatic carbocycles. The molecule has 1 aliphatic rings. The van der Waals surface area contributed by atoms with Crippen molar-refractivity contribution >= 4 is 23.6 Å². The minimum atomic E-state index is -1.30. The summed E-state index contributed by atoms with van der Waals surface area (Å²) in [5.41, 5.74) is -1.39. The average Bonchev–Trinajstić information content (AvgIpc) is 2.85. The number of carbonyl (C=O) groups is 2. The van der Waals surface area contributed by atoms with E-state index in [-0.39, 0.29) is 17.7 Å². The quantitative estimate of drug-likeness (QED) is 0.886. The van der Waals surface area contributed by atoms with E-state index in [9.17, 15) is 23.5 Å². The molecule has 1 amide bonds. The SMILES string of the molecule is O=C(Cc1cccc(F)c1F)NC1(C(=O)O)CCSC1. The predicted octanol–water partition coefficient (Wildman–Crippen LogP) is 1.58. The van der Waals surface area contributed by atoms with Crippen LogP contribution in [0.2, 0.25) is 0 Å². The number of hydrogen-bond acceptors (Lipinski definition) is 3. The molecule has 1 fully saturated rings. The van der Waals surface area contributed by atoms with E-state index in [4.69, 9.17) is 0 Å². The molecule has 108 valence electrons. The van der Waals surface area contributed by atoms with Gasteiger partial charge in [0.1, 0.15) is 5.54 Å². The number of carbonyl (C=O) groups excluding carboxylic acids is 1. The van der Waals surface area contributed by atoms with Gasteiger partial charge in [0.15, 0.2) is 11.6 Å². The van der Waals surface area contributed by atoms with Crippen molar-refractivity contribution in [3.63, 3.8) is 0 Å². The Balaban J connectivity index is 2.09. The highest BCUT2D eigenvalue weighted by atomic mass is 32.2.